The van der Waals surface area contributed by atoms with Crippen LogP contribution in [0, 0.1) is 5.92 Å². The van der Waals surface area contributed by atoms with Crippen molar-refractivity contribution in [2.24, 2.45) is 5.92 Å². The van der Waals surface area contributed by atoms with Gasteiger partial charge in [0.1, 0.15) is 0 Å². The Balaban J connectivity index is 1.82. The Hall–Kier alpha value is -1.26. The van der Waals surface area contributed by atoms with Gasteiger partial charge in [-0.2, -0.15) is 0 Å². The summed E-state index contributed by atoms with van der Waals surface area (Å²) in [5.41, 5.74) is 0. The molecule has 1 atom stereocenters. The van der Waals surface area contributed by atoms with Crippen molar-refractivity contribution in [3.8, 4) is 0 Å². The van der Waals surface area contributed by atoms with Crippen LogP contribution in [-0.4, -0.2) is 42.6 Å². The van der Waals surface area contributed by atoms with Crippen molar-refractivity contribution in [2.45, 2.75) is 57.9 Å². The van der Waals surface area contributed by atoms with Gasteiger partial charge in [0.2, 0.25) is 5.91 Å². The number of nitrogens with one attached hydrogen (secondary N) is 1. The van der Waals surface area contributed by atoms with E-state index in [2.05, 4.69) is 5.32 Å². The van der Waals surface area contributed by atoms with Gasteiger partial charge in [-0.05, 0) is 32.6 Å². The zero-order valence-electron chi connectivity index (χ0n) is 12.4. The van der Waals surface area contributed by atoms with Crippen LogP contribution in [0.15, 0.2) is 0 Å². The molecule has 1 heterocycles. The Labute approximate surface area is 121 Å². The van der Waals surface area contributed by atoms with Crippen molar-refractivity contribution >= 4 is 12.0 Å². The molecule has 1 aliphatic carbocycles. The van der Waals surface area contributed by atoms with Crippen LogP contribution < -0.4 is 5.32 Å². The highest BCUT2D eigenvalue weighted by Gasteiger charge is 2.30. The topological polar surface area (TPSA) is 58.6 Å². The maximum absolute atomic E-state index is 12.5. The van der Waals surface area contributed by atoms with Crippen molar-refractivity contribution in [1.29, 1.82) is 0 Å². The fraction of sp³-hybridized carbons (Fsp3) is 0.867. The maximum Gasteiger partial charge on any atom is 0.407 e. The predicted octanol–water partition coefficient (Wildman–Crippen LogP) is 2.30. The van der Waals surface area contributed by atoms with Gasteiger partial charge >= 0.3 is 6.09 Å². The Morgan fingerprint density at radius 2 is 1.90 bits per heavy atom. The zero-order valence-corrected chi connectivity index (χ0v) is 12.4. The minimum Gasteiger partial charge on any atom is -0.450 e. The SMILES string of the molecule is CCOC(=O)NC1CCCN(C(=O)C2CCCCC2)C1. The number of amides is 2. The molecule has 2 fully saturated rings. The molecule has 2 rings (SSSR count). The normalized spacial score (nSPS) is 24.2. The largest absolute Gasteiger partial charge is 0.450 e. The predicted molar refractivity (Wildman–Crippen MR) is 76.3 cm³/mol. The molecule has 0 radical (unpaired) electrons. The maximum atomic E-state index is 12.5. The van der Waals surface area contributed by atoms with Crippen LogP contribution in [0.4, 0.5) is 4.79 Å². The first kappa shape index (κ1) is 15.1. The number of likely N-dealkylation sites (tertiary alicyclic amines) is 1. The summed E-state index contributed by atoms with van der Waals surface area (Å²) >= 11 is 0. The lowest BCUT2D eigenvalue weighted by atomic mass is 9.87. The van der Waals surface area contributed by atoms with E-state index in [0.29, 0.717) is 19.1 Å². The van der Waals surface area contributed by atoms with Crippen molar-refractivity contribution < 1.29 is 14.3 Å². The van der Waals surface area contributed by atoms with Crippen LogP contribution in [0.3, 0.4) is 0 Å². The monoisotopic (exact) mass is 282 g/mol. The molecule has 1 saturated heterocycles. The van der Waals surface area contributed by atoms with Crippen molar-refractivity contribution in [1.82, 2.24) is 10.2 Å². The van der Waals surface area contributed by atoms with Gasteiger partial charge in [-0.1, -0.05) is 19.3 Å². The quantitative estimate of drug-likeness (QED) is 0.864. The lowest BCUT2D eigenvalue weighted by molar-refractivity contribution is -0.137. The molecule has 0 spiro atoms. The van der Waals surface area contributed by atoms with Gasteiger partial charge in [0, 0.05) is 25.0 Å². The third-order valence-corrected chi connectivity index (χ3v) is 4.28. The number of hydrogen-bond donors (Lipinski definition) is 1. The number of hydrogen-bond acceptors (Lipinski definition) is 3. The summed E-state index contributed by atoms with van der Waals surface area (Å²) in [6, 6.07) is 0.0374. The molecule has 2 amide bonds. The molecule has 2 aliphatic rings. The van der Waals surface area contributed by atoms with E-state index in [1.165, 1.54) is 19.3 Å². The van der Waals surface area contributed by atoms with Crippen LogP contribution in [0.2, 0.25) is 0 Å². The third-order valence-electron chi connectivity index (χ3n) is 4.28. The summed E-state index contributed by atoms with van der Waals surface area (Å²) in [4.78, 5) is 25.9. The number of ether oxygens (including phenoxy) is 1. The fourth-order valence-electron chi connectivity index (χ4n) is 3.24. The van der Waals surface area contributed by atoms with E-state index in [0.717, 1.165) is 32.2 Å². The van der Waals surface area contributed by atoms with Gasteiger partial charge in [0.15, 0.2) is 0 Å². The lowest BCUT2D eigenvalue weighted by Gasteiger charge is -2.36. The summed E-state index contributed by atoms with van der Waals surface area (Å²) in [5, 5.41) is 2.85. The molecular weight excluding hydrogens is 256 g/mol. The Morgan fingerprint density at radius 3 is 2.60 bits per heavy atom. The van der Waals surface area contributed by atoms with Gasteiger partial charge < -0.3 is 15.0 Å². The van der Waals surface area contributed by atoms with Gasteiger partial charge in [0.05, 0.1) is 6.61 Å². The first-order chi connectivity index (χ1) is 9.70. The summed E-state index contributed by atoms with van der Waals surface area (Å²) in [6.45, 7) is 3.63. The zero-order chi connectivity index (χ0) is 14.4. The lowest BCUT2D eigenvalue weighted by Crippen LogP contribution is -2.51. The summed E-state index contributed by atoms with van der Waals surface area (Å²) in [5.74, 6) is 0.505. The summed E-state index contributed by atoms with van der Waals surface area (Å²) < 4.78 is 4.90. The highest BCUT2D eigenvalue weighted by atomic mass is 16.5. The van der Waals surface area contributed by atoms with Gasteiger partial charge in [-0.25, -0.2) is 4.79 Å². The highest BCUT2D eigenvalue weighted by molar-refractivity contribution is 5.79. The minimum atomic E-state index is -0.371. The van der Waals surface area contributed by atoms with Crippen molar-refractivity contribution in [3.05, 3.63) is 0 Å². The molecule has 0 bridgehead atoms. The second-order valence-corrected chi connectivity index (χ2v) is 5.82. The molecule has 1 unspecified atom stereocenters. The molecule has 0 aromatic carbocycles. The van der Waals surface area contributed by atoms with Crippen LogP contribution in [0.5, 0.6) is 0 Å². The molecule has 1 aliphatic heterocycles. The molecule has 1 saturated carbocycles. The van der Waals surface area contributed by atoms with E-state index in [1.807, 2.05) is 4.90 Å². The Kier molecular flexibility index (Phi) is 5.68. The van der Waals surface area contributed by atoms with E-state index >= 15 is 0 Å². The first-order valence-electron chi connectivity index (χ1n) is 7.92. The van der Waals surface area contributed by atoms with E-state index < -0.39 is 0 Å². The number of carbonyl (C=O) groups is 2. The number of nitrogens with zero attached hydrogens (tertiary/aromatic N) is 1. The van der Waals surface area contributed by atoms with Crippen LogP contribution in [0.1, 0.15) is 51.9 Å². The highest BCUT2D eigenvalue weighted by Crippen LogP contribution is 2.26. The number of alkyl carbamates (subject to hydrolysis) is 1. The van der Waals surface area contributed by atoms with E-state index in [9.17, 15) is 9.59 Å². The van der Waals surface area contributed by atoms with Crippen LogP contribution in [0.25, 0.3) is 0 Å². The van der Waals surface area contributed by atoms with Crippen molar-refractivity contribution in [2.75, 3.05) is 19.7 Å². The fourth-order valence-corrected chi connectivity index (χ4v) is 3.24. The van der Waals surface area contributed by atoms with E-state index in [1.54, 1.807) is 6.92 Å². The second-order valence-electron chi connectivity index (χ2n) is 5.82. The molecule has 20 heavy (non-hydrogen) atoms. The Morgan fingerprint density at radius 1 is 1.15 bits per heavy atom. The van der Waals surface area contributed by atoms with Gasteiger partial charge in [-0.15, -0.1) is 0 Å². The number of piperidine rings is 1. The Bertz CT molecular complexity index is 340. The standard InChI is InChI=1S/C15H26N2O3/c1-2-20-15(19)16-13-9-6-10-17(11-13)14(18)12-7-4-3-5-8-12/h12-13H,2-11H2,1H3,(H,16,19). The molecule has 0 aromatic heterocycles. The van der Waals surface area contributed by atoms with Crippen molar-refractivity contribution in [3.63, 3.8) is 0 Å². The number of carbonyl (C=O) groups excluding carboxylic acids is 2. The van der Waals surface area contributed by atoms with Gasteiger partial charge in [0.25, 0.3) is 0 Å². The van der Waals surface area contributed by atoms with Gasteiger partial charge in [-0.3, -0.25) is 4.79 Å². The molecule has 0 aromatic rings. The third kappa shape index (κ3) is 4.12. The number of rotatable bonds is 3. The van der Waals surface area contributed by atoms with E-state index in [4.69, 9.17) is 4.74 Å². The average molecular weight is 282 g/mol. The second kappa shape index (κ2) is 7.50. The smallest absolute Gasteiger partial charge is 0.407 e. The average Bonchev–Trinajstić information content (AvgIpc) is 2.48. The summed E-state index contributed by atoms with van der Waals surface area (Å²) in [7, 11) is 0. The molecule has 5 nitrogen and oxygen atoms in total. The molecule has 5 heteroatoms. The molecule has 1 N–H and O–H groups in total. The first-order valence-corrected chi connectivity index (χ1v) is 7.92. The minimum absolute atomic E-state index is 0.0374. The van der Waals surface area contributed by atoms with Crippen LogP contribution >= 0.6 is 0 Å². The summed E-state index contributed by atoms with van der Waals surface area (Å²) in [6.07, 6.45) is 7.18. The molecule has 114 valence electrons. The van der Waals surface area contributed by atoms with E-state index in [-0.39, 0.29) is 18.1 Å². The molecular formula is C15H26N2O3. The van der Waals surface area contributed by atoms with Crippen LogP contribution in [-0.2, 0) is 9.53 Å².